The van der Waals surface area contributed by atoms with Crippen LogP contribution in [-0.4, -0.2) is 0 Å². The van der Waals surface area contributed by atoms with E-state index in [1.807, 2.05) is 0 Å². The third kappa shape index (κ3) is 2.24. The Morgan fingerprint density at radius 1 is 0.750 bits per heavy atom. The normalized spacial score (nSPS) is 32.0. The molecule has 4 rings (SSSR count). The highest BCUT2D eigenvalue weighted by Gasteiger charge is 2.27. The third-order valence-corrected chi connectivity index (χ3v) is 5.95. The van der Waals surface area contributed by atoms with Gasteiger partial charge < -0.3 is 0 Å². The molecule has 0 saturated carbocycles. The molecule has 0 spiro atoms. The highest BCUT2D eigenvalue weighted by atomic mass is 14.3. The van der Waals surface area contributed by atoms with Crippen LogP contribution in [0.5, 0.6) is 0 Å². The van der Waals surface area contributed by atoms with Gasteiger partial charge >= 0.3 is 0 Å². The predicted octanol–water partition coefficient (Wildman–Crippen LogP) is 5.88. The second-order valence-corrected chi connectivity index (χ2v) is 7.09. The molecule has 0 aliphatic heterocycles. The zero-order valence-electron chi connectivity index (χ0n) is 12.5. The van der Waals surface area contributed by atoms with Gasteiger partial charge in [-0.2, -0.15) is 0 Å². The molecule has 0 aromatic heterocycles. The van der Waals surface area contributed by atoms with E-state index >= 15 is 0 Å². The molecule has 0 heteroatoms. The summed E-state index contributed by atoms with van der Waals surface area (Å²) in [6.07, 6.45) is 23.6. The minimum Gasteiger partial charge on any atom is -0.0802 e. The van der Waals surface area contributed by atoms with Gasteiger partial charge in [-0.05, 0) is 87.2 Å². The van der Waals surface area contributed by atoms with E-state index < -0.39 is 0 Å². The summed E-state index contributed by atoms with van der Waals surface area (Å²) in [7, 11) is 0. The van der Waals surface area contributed by atoms with Crippen molar-refractivity contribution in [2.45, 2.75) is 64.2 Å². The predicted molar refractivity (Wildman–Crippen MR) is 85.5 cm³/mol. The van der Waals surface area contributed by atoms with Gasteiger partial charge in [0.05, 0.1) is 0 Å². The van der Waals surface area contributed by atoms with Gasteiger partial charge in [-0.15, -0.1) is 0 Å². The van der Waals surface area contributed by atoms with Crippen LogP contribution in [0.4, 0.5) is 0 Å². The number of rotatable bonds is 3. The maximum atomic E-state index is 2.44. The Hall–Kier alpha value is -1.04. The van der Waals surface area contributed by atoms with E-state index in [1.165, 1.54) is 64.2 Å². The first-order valence-corrected chi connectivity index (χ1v) is 8.69. The van der Waals surface area contributed by atoms with Crippen molar-refractivity contribution in [3.8, 4) is 0 Å². The molecule has 0 aromatic carbocycles. The molecule has 0 fully saturated rings. The van der Waals surface area contributed by atoms with Gasteiger partial charge in [0.1, 0.15) is 0 Å². The fourth-order valence-electron chi connectivity index (χ4n) is 4.91. The Morgan fingerprint density at radius 2 is 1.25 bits per heavy atom. The van der Waals surface area contributed by atoms with E-state index in [9.17, 15) is 0 Å². The zero-order valence-corrected chi connectivity index (χ0v) is 12.5. The smallest absolute Gasteiger partial charge is 0.0130 e. The quantitative estimate of drug-likeness (QED) is 0.598. The third-order valence-electron chi connectivity index (χ3n) is 5.95. The van der Waals surface area contributed by atoms with E-state index in [0.29, 0.717) is 0 Å². The van der Waals surface area contributed by atoms with Crippen molar-refractivity contribution in [2.75, 3.05) is 0 Å². The maximum Gasteiger partial charge on any atom is -0.0130 e. The summed E-state index contributed by atoms with van der Waals surface area (Å²) in [5.41, 5.74) is 7.02. The second kappa shape index (κ2) is 5.39. The van der Waals surface area contributed by atoms with Crippen molar-refractivity contribution in [3.05, 3.63) is 46.6 Å². The van der Waals surface area contributed by atoms with Crippen molar-refractivity contribution >= 4 is 0 Å². The van der Waals surface area contributed by atoms with Gasteiger partial charge in [-0.3, -0.25) is 0 Å². The Balaban J connectivity index is 1.43. The van der Waals surface area contributed by atoms with Crippen LogP contribution in [0, 0.1) is 11.8 Å². The standard InChI is InChI=1S/C20H26/c1-5-15-9-3-11-19(15)17(7-1)13-14-18-8-2-6-16-10-4-12-20(16)18/h3-4,11-12,17-18H,1-2,5-10,13-14H2. The zero-order chi connectivity index (χ0) is 13.4. The van der Waals surface area contributed by atoms with E-state index in [0.717, 1.165) is 11.8 Å². The monoisotopic (exact) mass is 266 g/mol. The molecule has 0 radical (unpaired) electrons. The minimum atomic E-state index is 0.883. The summed E-state index contributed by atoms with van der Waals surface area (Å²) in [4.78, 5) is 0. The molecular weight excluding hydrogens is 240 g/mol. The molecule has 0 saturated heterocycles. The van der Waals surface area contributed by atoms with Crippen molar-refractivity contribution in [2.24, 2.45) is 11.8 Å². The summed E-state index contributed by atoms with van der Waals surface area (Å²) in [6, 6.07) is 0. The first-order chi connectivity index (χ1) is 9.92. The van der Waals surface area contributed by atoms with E-state index in [1.54, 1.807) is 22.3 Å². The van der Waals surface area contributed by atoms with Crippen LogP contribution in [0.25, 0.3) is 0 Å². The van der Waals surface area contributed by atoms with Gasteiger partial charge in [0.25, 0.3) is 0 Å². The lowest BCUT2D eigenvalue weighted by molar-refractivity contribution is 0.396. The number of allylic oxidation sites excluding steroid dienone is 8. The van der Waals surface area contributed by atoms with E-state index in [-0.39, 0.29) is 0 Å². The average Bonchev–Trinajstić information content (AvgIpc) is 3.13. The largest absolute Gasteiger partial charge is 0.0802 e. The van der Waals surface area contributed by atoms with Gasteiger partial charge in [-0.1, -0.05) is 35.5 Å². The Labute approximate surface area is 123 Å². The number of hydrogen-bond donors (Lipinski definition) is 0. The van der Waals surface area contributed by atoms with Crippen LogP contribution >= 0.6 is 0 Å². The topological polar surface area (TPSA) is 0 Å². The second-order valence-electron chi connectivity index (χ2n) is 7.09. The van der Waals surface area contributed by atoms with Crippen LogP contribution in [-0.2, 0) is 0 Å². The fraction of sp³-hybridized carbons (Fsp3) is 0.600. The average molecular weight is 266 g/mol. The minimum absolute atomic E-state index is 0.883. The van der Waals surface area contributed by atoms with Gasteiger partial charge in [0.15, 0.2) is 0 Å². The van der Waals surface area contributed by atoms with Crippen LogP contribution in [0.15, 0.2) is 46.6 Å². The lowest BCUT2D eigenvalue weighted by Gasteiger charge is -2.29. The van der Waals surface area contributed by atoms with Gasteiger partial charge in [0.2, 0.25) is 0 Å². The summed E-state index contributed by atoms with van der Waals surface area (Å²) >= 11 is 0. The highest BCUT2D eigenvalue weighted by Crippen LogP contribution is 2.43. The summed E-state index contributed by atoms with van der Waals surface area (Å²) in [6.45, 7) is 0. The lowest BCUT2D eigenvalue weighted by atomic mass is 9.76. The summed E-state index contributed by atoms with van der Waals surface area (Å²) in [5.74, 6) is 1.77. The molecular formula is C20H26. The molecule has 0 N–H and O–H groups in total. The summed E-state index contributed by atoms with van der Waals surface area (Å²) in [5, 5.41) is 0. The van der Waals surface area contributed by atoms with Crippen molar-refractivity contribution < 1.29 is 0 Å². The van der Waals surface area contributed by atoms with Crippen LogP contribution in [0.1, 0.15) is 64.2 Å². The Bertz CT molecular complexity index is 464. The van der Waals surface area contributed by atoms with Crippen LogP contribution in [0.2, 0.25) is 0 Å². The molecule has 4 aliphatic carbocycles. The van der Waals surface area contributed by atoms with Crippen LogP contribution in [0.3, 0.4) is 0 Å². The summed E-state index contributed by atoms with van der Waals surface area (Å²) < 4.78 is 0. The van der Waals surface area contributed by atoms with Crippen molar-refractivity contribution in [1.82, 2.24) is 0 Å². The molecule has 0 aromatic rings. The molecule has 0 amide bonds. The number of hydrogen-bond acceptors (Lipinski definition) is 0. The first kappa shape index (κ1) is 12.7. The van der Waals surface area contributed by atoms with Crippen molar-refractivity contribution in [3.63, 3.8) is 0 Å². The Kier molecular flexibility index (Phi) is 3.42. The lowest BCUT2D eigenvalue weighted by Crippen LogP contribution is -2.14. The van der Waals surface area contributed by atoms with E-state index in [2.05, 4.69) is 24.3 Å². The SMILES string of the molecule is C1=CC2=C(C1)CCCC2CCC1CCCC2=C1C=CC2. The molecule has 4 aliphatic rings. The van der Waals surface area contributed by atoms with Crippen LogP contribution < -0.4 is 0 Å². The first-order valence-electron chi connectivity index (χ1n) is 8.69. The van der Waals surface area contributed by atoms with Gasteiger partial charge in [-0.25, -0.2) is 0 Å². The molecule has 2 atom stereocenters. The van der Waals surface area contributed by atoms with Gasteiger partial charge in [0, 0.05) is 0 Å². The molecule has 2 unspecified atom stereocenters. The Morgan fingerprint density at radius 3 is 1.75 bits per heavy atom. The molecule has 0 nitrogen and oxygen atoms in total. The van der Waals surface area contributed by atoms with E-state index in [4.69, 9.17) is 0 Å². The molecule has 0 heterocycles. The van der Waals surface area contributed by atoms with Crippen molar-refractivity contribution in [1.29, 1.82) is 0 Å². The molecule has 20 heavy (non-hydrogen) atoms. The molecule has 106 valence electrons. The maximum absolute atomic E-state index is 2.44. The highest BCUT2D eigenvalue weighted by molar-refractivity contribution is 5.38. The molecule has 0 bridgehead atoms. The fourth-order valence-corrected chi connectivity index (χ4v) is 4.91.